The molecule has 0 aromatic heterocycles. The van der Waals surface area contributed by atoms with Crippen LogP contribution < -0.4 is 5.32 Å². The number of benzene rings is 1. The highest BCUT2D eigenvalue weighted by Gasteiger charge is 2.19. The smallest absolute Gasteiger partial charge is 0.0642 e. The van der Waals surface area contributed by atoms with Crippen LogP contribution in [0.4, 0.5) is 5.69 Å². The molecule has 1 unspecified atom stereocenters. The van der Waals surface area contributed by atoms with Crippen molar-refractivity contribution in [2.75, 3.05) is 12.4 Å². The Bertz CT molecular complexity index is 371. The number of anilines is 1. The van der Waals surface area contributed by atoms with E-state index < -0.39 is 0 Å². The fraction of sp³-hybridized carbons (Fsp3) is 0.600. The van der Waals surface area contributed by atoms with Gasteiger partial charge in [-0.05, 0) is 64.3 Å². The third kappa shape index (κ3) is 4.39. The van der Waals surface area contributed by atoms with Gasteiger partial charge in [-0.15, -0.1) is 0 Å². The molecule has 0 radical (unpaired) electrons. The molecule has 1 rings (SSSR count). The normalized spacial score (nSPS) is 13.5. The first-order chi connectivity index (χ1) is 7.84. The molecule has 96 valence electrons. The minimum atomic E-state index is -0.0772. The largest absolute Gasteiger partial charge is 0.382 e. The molecule has 1 N–H and O–H groups in total. The average Bonchev–Trinajstić information content (AvgIpc) is 2.23. The molecule has 1 aromatic rings. The number of nitrogens with one attached hydrogen (secondary N) is 1. The van der Waals surface area contributed by atoms with Gasteiger partial charge < -0.3 is 10.1 Å². The Morgan fingerprint density at radius 2 is 1.88 bits per heavy atom. The number of methoxy groups -OCH3 is 1. The van der Waals surface area contributed by atoms with Crippen LogP contribution in [0, 0.1) is 13.8 Å². The molecule has 1 aromatic carbocycles. The first-order valence-electron chi connectivity index (χ1n) is 6.23. The molecule has 1 atom stereocenters. The number of aryl methyl sites for hydroxylation is 2. The van der Waals surface area contributed by atoms with Crippen LogP contribution in [0.3, 0.4) is 0 Å². The summed E-state index contributed by atoms with van der Waals surface area (Å²) in [6, 6.07) is 6.89. The summed E-state index contributed by atoms with van der Waals surface area (Å²) in [6.07, 6.45) is 0.983. The van der Waals surface area contributed by atoms with E-state index in [1.54, 1.807) is 7.11 Å². The quantitative estimate of drug-likeness (QED) is 0.835. The lowest BCUT2D eigenvalue weighted by atomic mass is 9.99. The molecule has 0 spiro atoms. The van der Waals surface area contributed by atoms with Gasteiger partial charge in [0.15, 0.2) is 0 Å². The van der Waals surface area contributed by atoms with Crippen LogP contribution >= 0.6 is 0 Å². The van der Waals surface area contributed by atoms with E-state index in [9.17, 15) is 0 Å². The van der Waals surface area contributed by atoms with Crippen molar-refractivity contribution in [3.05, 3.63) is 29.3 Å². The Morgan fingerprint density at radius 1 is 1.24 bits per heavy atom. The van der Waals surface area contributed by atoms with Crippen molar-refractivity contribution < 1.29 is 4.74 Å². The van der Waals surface area contributed by atoms with Crippen molar-refractivity contribution in [2.45, 2.75) is 52.7 Å². The Labute approximate surface area is 105 Å². The van der Waals surface area contributed by atoms with Crippen LogP contribution in [0.25, 0.3) is 0 Å². The summed E-state index contributed by atoms with van der Waals surface area (Å²) in [5, 5.41) is 3.52. The summed E-state index contributed by atoms with van der Waals surface area (Å²) in [6.45, 7) is 10.7. The summed E-state index contributed by atoms with van der Waals surface area (Å²) in [7, 11) is 1.77. The highest BCUT2D eigenvalue weighted by molar-refractivity contribution is 5.48. The molecule has 0 saturated heterocycles. The number of hydrogen-bond acceptors (Lipinski definition) is 2. The van der Waals surface area contributed by atoms with E-state index >= 15 is 0 Å². The number of hydrogen-bond donors (Lipinski definition) is 1. The van der Waals surface area contributed by atoms with Gasteiger partial charge >= 0.3 is 0 Å². The van der Waals surface area contributed by atoms with E-state index in [1.807, 2.05) is 0 Å². The lowest BCUT2D eigenvalue weighted by molar-refractivity contribution is 0.0128. The van der Waals surface area contributed by atoms with E-state index in [0.717, 1.165) is 6.42 Å². The lowest BCUT2D eigenvalue weighted by Gasteiger charge is -2.27. The van der Waals surface area contributed by atoms with Crippen LogP contribution in [0.1, 0.15) is 38.3 Å². The minimum Gasteiger partial charge on any atom is -0.382 e. The molecule has 2 heteroatoms. The van der Waals surface area contributed by atoms with Gasteiger partial charge in [0.1, 0.15) is 0 Å². The van der Waals surface area contributed by atoms with Crippen molar-refractivity contribution in [3.8, 4) is 0 Å². The first-order valence-corrected chi connectivity index (χ1v) is 6.23. The highest BCUT2D eigenvalue weighted by Crippen LogP contribution is 2.20. The fourth-order valence-electron chi connectivity index (χ4n) is 1.99. The summed E-state index contributed by atoms with van der Waals surface area (Å²) in [5.41, 5.74) is 3.77. The average molecular weight is 235 g/mol. The molecule has 17 heavy (non-hydrogen) atoms. The maximum absolute atomic E-state index is 5.45. The van der Waals surface area contributed by atoms with E-state index in [1.165, 1.54) is 16.8 Å². The number of rotatable bonds is 5. The summed E-state index contributed by atoms with van der Waals surface area (Å²) < 4.78 is 5.45. The van der Waals surface area contributed by atoms with Gasteiger partial charge in [-0.3, -0.25) is 0 Å². The van der Waals surface area contributed by atoms with Crippen molar-refractivity contribution in [1.82, 2.24) is 0 Å². The van der Waals surface area contributed by atoms with Crippen LogP contribution in [0.15, 0.2) is 18.2 Å². The lowest BCUT2D eigenvalue weighted by Crippen LogP contribution is -2.31. The Balaban J connectivity index is 2.62. The van der Waals surface area contributed by atoms with Crippen molar-refractivity contribution >= 4 is 5.69 Å². The molecule has 2 nitrogen and oxygen atoms in total. The van der Waals surface area contributed by atoms with Gasteiger partial charge in [0.05, 0.1) is 5.60 Å². The molecular weight excluding hydrogens is 210 g/mol. The SMILES string of the molecule is COC(C)(C)CC(C)Nc1ccc(C)c(C)c1. The van der Waals surface area contributed by atoms with Crippen LogP contribution in [-0.4, -0.2) is 18.8 Å². The summed E-state index contributed by atoms with van der Waals surface area (Å²) in [4.78, 5) is 0. The van der Waals surface area contributed by atoms with Crippen LogP contribution in [0.5, 0.6) is 0 Å². The monoisotopic (exact) mass is 235 g/mol. The zero-order valence-electron chi connectivity index (χ0n) is 11.9. The fourth-order valence-corrected chi connectivity index (χ4v) is 1.99. The minimum absolute atomic E-state index is 0.0772. The summed E-state index contributed by atoms with van der Waals surface area (Å²) >= 11 is 0. The maximum Gasteiger partial charge on any atom is 0.0642 e. The van der Waals surface area contributed by atoms with Gasteiger partial charge in [-0.1, -0.05) is 6.07 Å². The van der Waals surface area contributed by atoms with E-state index in [2.05, 4.69) is 58.1 Å². The molecule has 0 fully saturated rings. The predicted octanol–water partition coefficient (Wildman–Crippen LogP) is 3.92. The molecule has 0 aliphatic rings. The molecule has 0 bridgehead atoms. The summed E-state index contributed by atoms with van der Waals surface area (Å²) in [5.74, 6) is 0. The second-order valence-electron chi connectivity index (χ2n) is 5.51. The standard InChI is InChI=1S/C15H25NO/c1-11-7-8-14(9-12(11)2)16-13(3)10-15(4,5)17-6/h7-9,13,16H,10H2,1-6H3. The second-order valence-corrected chi connectivity index (χ2v) is 5.51. The van der Waals surface area contributed by atoms with Gasteiger partial charge in [-0.25, -0.2) is 0 Å². The zero-order valence-corrected chi connectivity index (χ0v) is 11.9. The first kappa shape index (κ1) is 14.0. The van der Waals surface area contributed by atoms with Gasteiger partial charge in [0.25, 0.3) is 0 Å². The van der Waals surface area contributed by atoms with Gasteiger partial charge in [-0.2, -0.15) is 0 Å². The second kappa shape index (κ2) is 5.54. The molecule has 0 saturated carbocycles. The Hall–Kier alpha value is -1.02. The van der Waals surface area contributed by atoms with Crippen molar-refractivity contribution in [1.29, 1.82) is 0 Å². The molecular formula is C15H25NO. The van der Waals surface area contributed by atoms with Crippen LogP contribution in [-0.2, 0) is 4.74 Å². The van der Waals surface area contributed by atoms with Crippen molar-refractivity contribution in [3.63, 3.8) is 0 Å². The van der Waals surface area contributed by atoms with Crippen molar-refractivity contribution in [2.24, 2.45) is 0 Å². The van der Waals surface area contributed by atoms with E-state index in [-0.39, 0.29) is 5.60 Å². The van der Waals surface area contributed by atoms with E-state index in [4.69, 9.17) is 4.74 Å². The topological polar surface area (TPSA) is 21.3 Å². The molecule has 0 amide bonds. The third-order valence-corrected chi connectivity index (χ3v) is 3.27. The molecule has 0 aliphatic carbocycles. The van der Waals surface area contributed by atoms with Gasteiger partial charge in [0.2, 0.25) is 0 Å². The maximum atomic E-state index is 5.45. The zero-order chi connectivity index (χ0) is 13.1. The number of ether oxygens (including phenoxy) is 1. The van der Waals surface area contributed by atoms with Gasteiger partial charge in [0, 0.05) is 18.8 Å². The highest BCUT2D eigenvalue weighted by atomic mass is 16.5. The molecule has 0 aliphatic heterocycles. The van der Waals surface area contributed by atoms with E-state index in [0.29, 0.717) is 6.04 Å². The Morgan fingerprint density at radius 3 is 2.41 bits per heavy atom. The Kier molecular flexibility index (Phi) is 4.58. The third-order valence-electron chi connectivity index (χ3n) is 3.27. The molecule has 0 heterocycles. The van der Waals surface area contributed by atoms with Crippen LogP contribution in [0.2, 0.25) is 0 Å². The predicted molar refractivity (Wildman–Crippen MR) is 74.7 cm³/mol.